The Balaban J connectivity index is 0.000000711. The molecule has 0 aromatic heterocycles. The van der Waals surface area contributed by atoms with Gasteiger partial charge in [-0.2, -0.15) is 5.26 Å². The molecule has 2 N–H and O–H groups in total. The van der Waals surface area contributed by atoms with Crippen LogP contribution in [0.25, 0.3) is 0 Å². The number of aryl methyl sites for hydroxylation is 1. The average Bonchev–Trinajstić information content (AvgIpc) is 2.31. The Morgan fingerprint density at radius 2 is 1.93 bits per heavy atom. The first kappa shape index (κ1) is 11.7. The lowest BCUT2D eigenvalue weighted by Gasteiger charge is -2.28. The summed E-state index contributed by atoms with van der Waals surface area (Å²) in [5.41, 5.74) is 7.86. The fourth-order valence-corrected chi connectivity index (χ4v) is 1.86. The van der Waals surface area contributed by atoms with Gasteiger partial charge in [0.2, 0.25) is 0 Å². The van der Waals surface area contributed by atoms with E-state index in [0.29, 0.717) is 6.42 Å². The molecule has 2 rings (SSSR count). The van der Waals surface area contributed by atoms with Crippen LogP contribution in [0.5, 0.6) is 0 Å². The van der Waals surface area contributed by atoms with Crippen molar-refractivity contribution < 1.29 is 1.43 Å². The minimum Gasteiger partial charge on any atom is -0.313 e. The van der Waals surface area contributed by atoms with Crippen LogP contribution in [0.2, 0.25) is 0 Å². The van der Waals surface area contributed by atoms with Gasteiger partial charge in [0.15, 0.2) is 0 Å². The zero-order chi connectivity index (χ0) is 11.3. The van der Waals surface area contributed by atoms with Crippen molar-refractivity contribution in [3.63, 3.8) is 0 Å². The highest BCUT2D eigenvalue weighted by Crippen LogP contribution is 2.26. The summed E-state index contributed by atoms with van der Waals surface area (Å²) in [6.45, 7) is 4.00. The lowest BCUT2D eigenvalue weighted by Crippen LogP contribution is -2.43. The maximum Gasteiger partial charge on any atom is 0.108 e. The molecule has 0 saturated carbocycles. The standard InChI is InChI=1S/C11H12N2.C2H6.H2/c12-8-11(13)6-5-9-3-1-2-4-10(9)7-11;1-2;/h1-4H,5-7,13H2;1-2H3;1H. The van der Waals surface area contributed by atoms with Crippen molar-refractivity contribution >= 4 is 0 Å². The molecule has 15 heavy (non-hydrogen) atoms. The monoisotopic (exact) mass is 204 g/mol. The van der Waals surface area contributed by atoms with E-state index in [4.69, 9.17) is 11.0 Å². The molecule has 0 radical (unpaired) electrons. The summed E-state index contributed by atoms with van der Waals surface area (Å²) in [6.07, 6.45) is 2.40. The van der Waals surface area contributed by atoms with Gasteiger partial charge in [-0.1, -0.05) is 38.1 Å². The van der Waals surface area contributed by atoms with Crippen LogP contribution in [0.1, 0.15) is 32.8 Å². The summed E-state index contributed by atoms with van der Waals surface area (Å²) in [4.78, 5) is 0. The molecule has 0 amide bonds. The molecule has 1 aliphatic rings. The fraction of sp³-hybridized carbons (Fsp3) is 0.462. The van der Waals surface area contributed by atoms with Crippen molar-refractivity contribution in [1.82, 2.24) is 0 Å². The van der Waals surface area contributed by atoms with Crippen molar-refractivity contribution in [2.75, 3.05) is 0 Å². The van der Waals surface area contributed by atoms with Crippen LogP contribution >= 0.6 is 0 Å². The first-order valence-electron chi connectivity index (χ1n) is 5.50. The van der Waals surface area contributed by atoms with E-state index in [1.54, 1.807) is 0 Å². The molecule has 82 valence electrons. The van der Waals surface area contributed by atoms with Gasteiger partial charge in [-0.3, -0.25) is 0 Å². The van der Waals surface area contributed by atoms with Crippen LogP contribution in [-0.2, 0) is 12.8 Å². The highest BCUT2D eigenvalue weighted by Gasteiger charge is 2.29. The largest absolute Gasteiger partial charge is 0.313 e. The normalized spacial score (nSPS) is 23.1. The number of fused-ring (bicyclic) bond motifs is 1. The van der Waals surface area contributed by atoms with Gasteiger partial charge in [0.25, 0.3) is 0 Å². The Morgan fingerprint density at radius 1 is 1.33 bits per heavy atom. The Labute approximate surface area is 93.2 Å². The van der Waals surface area contributed by atoms with Gasteiger partial charge in [-0.05, 0) is 24.0 Å². The first-order valence-corrected chi connectivity index (χ1v) is 5.50. The van der Waals surface area contributed by atoms with E-state index in [2.05, 4.69) is 18.2 Å². The number of nitrogens with zero attached hydrogens (tertiary/aromatic N) is 1. The molecule has 0 fully saturated rings. The summed E-state index contributed by atoms with van der Waals surface area (Å²) in [7, 11) is 0. The molecular formula is C13H20N2. The number of nitriles is 1. The number of nitrogens with two attached hydrogens (primary N) is 1. The molecule has 1 aromatic rings. The van der Waals surface area contributed by atoms with Crippen LogP contribution in [0.15, 0.2) is 24.3 Å². The van der Waals surface area contributed by atoms with E-state index in [1.165, 1.54) is 11.1 Å². The smallest absolute Gasteiger partial charge is 0.108 e. The molecule has 2 heteroatoms. The number of hydrogen-bond donors (Lipinski definition) is 1. The van der Waals surface area contributed by atoms with E-state index in [9.17, 15) is 0 Å². The molecule has 1 aromatic carbocycles. The summed E-state index contributed by atoms with van der Waals surface area (Å²) >= 11 is 0. The van der Waals surface area contributed by atoms with Gasteiger partial charge in [0.1, 0.15) is 5.54 Å². The van der Waals surface area contributed by atoms with Gasteiger partial charge in [-0.25, -0.2) is 0 Å². The van der Waals surface area contributed by atoms with Crippen molar-refractivity contribution in [1.29, 1.82) is 5.26 Å². The second-order valence-corrected chi connectivity index (χ2v) is 3.71. The molecular weight excluding hydrogens is 184 g/mol. The summed E-state index contributed by atoms with van der Waals surface area (Å²) < 4.78 is 0. The van der Waals surface area contributed by atoms with Gasteiger partial charge >= 0.3 is 0 Å². The SMILES string of the molecule is CC.N#CC1(N)CCc2ccccc2C1.[HH]. The second-order valence-electron chi connectivity index (χ2n) is 3.71. The van der Waals surface area contributed by atoms with Crippen LogP contribution in [0.4, 0.5) is 0 Å². The van der Waals surface area contributed by atoms with Crippen molar-refractivity contribution in [2.24, 2.45) is 5.73 Å². The third-order valence-corrected chi connectivity index (χ3v) is 2.69. The molecule has 1 unspecified atom stereocenters. The van der Waals surface area contributed by atoms with E-state index < -0.39 is 5.54 Å². The van der Waals surface area contributed by atoms with E-state index >= 15 is 0 Å². The first-order chi connectivity index (χ1) is 7.23. The lowest BCUT2D eigenvalue weighted by molar-refractivity contribution is 0.470. The summed E-state index contributed by atoms with van der Waals surface area (Å²) in [5, 5.41) is 8.90. The Hall–Kier alpha value is -1.33. The molecule has 0 saturated heterocycles. The highest BCUT2D eigenvalue weighted by molar-refractivity contribution is 5.34. The van der Waals surface area contributed by atoms with Gasteiger partial charge in [-0.15, -0.1) is 0 Å². The van der Waals surface area contributed by atoms with Crippen LogP contribution in [0.3, 0.4) is 0 Å². The third kappa shape index (κ3) is 2.57. The zero-order valence-electron chi connectivity index (χ0n) is 9.46. The topological polar surface area (TPSA) is 49.8 Å². The van der Waals surface area contributed by atoms with Gasteiger partial charge < -0.3 is 5.73 Å². The molecule has 0 aliphatic heterocycles. The minimum atomic E-state index is -0.631. The summed E-state index contributed by atoms with van der Waals surface area (Å²) in [6, 6.07) is 10.4. The number of hydrogen-bond acceptors (Lipinski definition) is 2. The molecule has 0 spiro atoms. The summed E-state index contributed by atoms with van der Waals surface area (Å²) in [5.74, 6) is 0. The maximum absolute atomic E-state index is 8.90. The number of rotatable bonds is 0. The fourth-order valence-electron chi connectivity index (χ4n) is 1.86. The van der Waals surface area contributed by atoms with Crippen molar-refractivity contribution in [2.45, 2.75) is 38.6 Å². The maximum atomic E-state index is 8.90. The zero-order valence-corrected chi connectivity index (χ0v) is 9.46. The van der Waals surface area contributed by atoms with E-state index in [-0.39, 0.29) is 1.43 Å². The van der Waals surface area contributed by atoms with Gasteiger partial charge in [0, 0.05) is 7.85 Å². The van der Waals surface area contributed by atoms with E-state index in [0.717, 1.165) is 12.8 Å². The molecule has 1 aliphatic carbocycles. The van der Waals surface area contributed by atoms with Gasteiger partial charge in [0.05, 0.1) is 6.07 Å². The second kappa shape index (κ2) is 4.95. The quantitative estimate of drug-likeness (QED) is 0.706. The number of benzene rings is 1. The molecule has 2 nitrogen and oxygen atoms in total. The van der Waals surface area contributed by atoms with Crippen LogP contribution < -0.4 is 5.73 Å². The Kier molecular flexibility index (Phi) is 3.88. The van der Waals surface area contributed by atoms with Crippen LogP contribution in [-0.4, -0.2) is 5.54 Å². The predicted octanol–water partition coefficient (Wildman–Crippen LogP) is 2.67. The Bertz CT molecular complexity index is 370. The predicted molar refractivity (Wildman–Crippen MR) is 64.5 cm³/mol. The van der Waals surface area contributed by atoms with Crippen molar-refractivity contribution in [3.8, 4) is 6.07 Å². The molecule has 0 heterocycles. The average molecular weight is 204 g/mol. The van der Waals surface area contributed by atoms with Crippen LogP contribution in [0, 0.1) is 11.3 Å². The third-order valence-electron chi connectivity index (χ3n) is 2.69. The lowest BCUT2D eigenvalue weighted by atomic mass is 9.80. The van der Waals surface area contributed by atoms with Crippen molar-refractivity contribution in [3.05, 3.63) is 35.4 Å². The minimum absolute atomic E-state index is 0. The molecule has 1 atom stereocenters. The highest BCUT2D eigenvalue weighted by atomic mass is 14.7. The Morgan fingerprint density at radius 3 is 2.53 bits per heavy atom. The molecule has 0 bridgehead atoms. The van der Waals surface area contributed by atoms with E-state index in [1.807, 2.05) is 26.0 Å².